The predicted molar refractivity (Wildman–Crippen MR) is 141 cm³/mol. The van der Waals surface area contributed by atoms with Gasteiger partial charge in [0.15, 0.2) is 0 Å². The minimum absolute atomic E-state index is 0.0646. The van der Waals surface area contributed by atoms with Crippen LogP contribution in [0, 0.1) is 10.1 Å². The van der Waals surface area contributed by atoms with Gasteiger partial charge >= 0.3 is 5.97 Å². The van der Waals surface area contributed by atoms with E-state index in [1.54, 1.807) is 43.3 Å². The second kappa shape index (κ2) is 12.3. The van der Waals surface area contributed by atoms with E-state index < -0.39 is 10.9 Å². The van der Waals surface area contributed by atoms with E-state index in [0.29, 0.717) is 23.0 Å². The van der Waals surface area contributed by atoms with Gasteiger partial charge < -0.3 is 15.0 Å². The maximum Gasteiger partial charge on any atom is 0.311 e. The zero-order valence-corrected chi connectivity index (χ0v) is 21.2. The number of non-ortho nitro benzene ring substituents is 1. The Labute approximate surface area is 218 Å². The maximum absolute atomic E-state index is 12.9. The smallest absolute Gasteiger partial charge is 0.311 e. The van der Waals surface area contributed by atoms with E-state index in [0.717, 1.165) is 36.5 Å². The Kier molecular flexibility index (Phi) is 8.64. The summed E-state index contributed by atoms with van der Waals surface area (Å²) >= 11 is 0. The molecule has 38 heavy (non-hydrogen) atoms. The zero-order valence-electron chi connectivity index (χ0n) is 21.2. The van der Waals surface area contributed by atoms with E-state index >= 15 is 0 Å². The lowest BCUT2D eigenvalue weighted by Gasteiger charge is -2.36. The van der Waals surface area contributed by atoms with Crippen molar-refractivity contribution in [1.82, 2.24) is 20.0 Å². The average molecular weight is 523 g/mol. The van der Waals surface area contributed by atoms with Crippen LogP contribution in [-0.4, -0.2) is 70.8 Å². The highest BCUT2D eigenvalue weighted by Crippen LogP contribution is 2.20. The number of ether oxygens (including phenoxy) is 1. The molecular weight excluding hydrogens is 492 g/mol. The summed E-state index contributed by atoms with van der Waals surface area (Å²) in [6, 6.07) is 13.4. The summed E-state index contributed by atoms with van der Waals surface area (Å²) in [6.07, 6.45) is 0.185. The van der Waals surface area contributed by atoms with E-state index in [-0.39, 0.29) is 43.3 Å². The van der Waals surface area contributed by atoms with E-state index in [4.69, 9.17) is 4.74 Å². The number of hydrogen-bond donors (Lipinski definition) is 1. The number of nitrogens with one attached hydrogen (secondary N) is 1. The van der Waals surface area contributed by atoms with Gasteiger partial charge in [-0.15, -0.1) is 0 Å². The van der Waals surface area contributed by atoms with Crippen molar-refractivity contribution in [2.75, 3.05) is 44.2 Å². The first-order valence-electron chi connectivity index (χ1n) is 12.5. The Bertz CT molecular complexity index is 1360. The lowest BCUT2D eigenvalue weighted by Crippen LogP contribution is -2.47. The number of rotatable bonds is 10. The lowest BCUT2D eigenvalue weighted by atomic mass is 10.1. The summed E-state index contributed by atoms with van der Waals surface area (Å²) in [5.74, 6) is -0.648. The van der Waals surface area contributed by atoms with Gasteiger partial charge in [0, 0.05) is 62.4 Å². The molecule has 1 aliphatic rings. The Hall–Kier alpha value is -4.32. The molecule has 2 heterocycles. The number of nitro benzene ring substituents is 1. The number of nitrogens with zero attached hydrogens (tertiary/aromatic N) is 5. The molecule has 4 rings (SSSR count). The molecule has 1 amide bonds. The third-order valence-electron chi connectivity index (χ3n) is 6.44. The minimum atomic E-state index is -0.437. The standard InChI is InChI=1S/C26H30N6O6/c1-2-38-25(34)17-23-21-5-3-4-6-22(21)26(35)31(28-23)18-27-24(33)11-12-29-13-15-30(16-14-29)19-7-9-20(10-8-19)32(36)37/h3-10H,2,11-18H2,1H3,(H,27,33). The monoisotopic (exact) mass is 522 g/mol. The van der Waals surface area contributed by atoms with E-state index in [9.17, 15) is 24.5 Å². The van der Waals surface area contributed by atoms with Gasteiger partial charge in [-0.2, -0.15) is 5.10 Å². The molecule has 2 aromatic carbocycles. The molecule has 1 aromatic heterocycles. The summed E-state index contributed by atoms with van der Waals surface area (Å²) < 4.78 is 6.19. The van der Waals surface area contributed by atoms with Crippen LogP contribution in [-0.2, 0) is 27.4 Å². The van der Waals surface area contributed by atoms with Crippen LogP contribution in [0.4, 0.5) is 11.4 Å². The Morgan fingerprint density at radius 3 is 2.39 bits per heavy atom. The van der Waals surface area contributed by atoms with Gasteiger partial charge in [0.1, 0.15) is 6.67 Å². The number of carbonyl (C=O) groups excluding carboxylic acids is 2. The number of hydrogen-bond acceptors (Lipinski definition) is 9. The van der Waals surface area contributed by atoms with Crippen molar-refractivity contribution in [3.63, 3.8) is 0 Å². The highest BCUT2D eigenvalue weighted by molar-refractivity contribution is 5.87. The van der Waals surface area contributed by atoms with Gasteiger partial charge in [-0.1, -0.05) is 18.2 Å². The van der Waals surface area contributed by atoms with Crippen LogP contribution in [0.3, 0.4) is 0 Å². The quantitative estimate of drug-likeness (QED) is 0.239. The number of carbonyl (C=O) groups is 2. The molecule has 0 bridgehead atoms. The zero-order chi connectivity index (χ0) is 27.1. The number of aromatic nitrogens is 2. The fourth-order valence-electron chi connectivity index (χ4n) is 4.42. The molecule has 12 nitrogen and oxygen atoms in total. The Morgan fingerprint density at radius 1 is 1.05 bits per heavy atom. The summed E-state index contributed by atoms with van der Waals surface area (Å²) in [4.78, 5) is 52.2. The van der Waals surface area contributed by atoms with Gasteiger partial charge in [-0.05, 0) is 25.1 Å². The van der Waals surface area contributed by atoms with Crippen molar-refractivity contribution in [2.24, 2.45) is 0 Å². The van der Waals surface area contributed by atoms with E-state index in [1.807, 2.05) is 0 Å². The van der Waals surface area contributed by atoms with Gasteiger partial charge in [-0.3, -0.25) is 29.4 Å². The number of amides is 1. The number of esters is 1. The summed E-state index contributed by atoms with van der Waals surface area (Å²) in [6.45, 7) is 5.44. The second-order valence-corrected chi connectivity index (χ2v) is 8.89. The number of fused-ring (bicyclic) bond motifs is 1. The van der Waals surface area contributed by atoms with Crippen LogP contribution < -0.4 is 15.8 Å². The summed E-state index contributed by atoms with van der Waals surface area (Å²) in [5.41, 5.74) is 1.06. The van der Waals surface area contributed by atoms with Crippen molar-refractivity contribution in [2.45, 2.75) is 26.4 Å². The van der Waals surface area contributed by atoms with Crippen molar-refractivity contribution in [3.05, 3.63) is 74.7 Å². The largest absolute Gasteiger partial charge is 0.466 e. The van der Waals surface area contributed by atoms with Crippen LogP contribution in [0.5, 0.6) is 0 Å². The highest BCUT2D eigenvalue weighted by Gasteiger charge is 2.19. The highest BCUT2D eigenvalue weighted by atomic mass is 16.6. The molecule has 0 saturated carbocycles. The topological polar surface area (TPSA) is 140 Å². The van der Waals surface area contributed by atoms with Crippen LogP contribution in [0.25, 0.3) is 10.8 Å². The first-order chi connectivity index (χ1) is 18.4. The molecule has 1 fully saturated rings. The molecule has 1 aliphatic heterocycles. The molecule has 0 atom stereocenters. The first-order valence-corrected chi connectivity index (χ1v) is 12.5. The maximum atomic E-state index is 12.9. The third kappa shape index (κ3) is 6.51. The molecule has 0 unspecified atom stereocenters. The van der Waals surface area contributed by atoms with Crippen molar-refractivity contribution >= 4 is 34.0 Å². The number of benzene rings is 2. The van der Waals surface area contributed by atoms with E-state index in [2.05, 4.69) is 20.2 Å². The fourth-order valence-corrected chi connectivity index (χ4v) is 4.42. The number of nitro groups is 1. The Balaban J connectivity index is 1.29. The molecule has 1 N–H and O–H groups in total. The first kappa shape index (κ1) is 26.7. The Morgan fingerprint density at radius 2 is 1.74 bits per heavy atom. The van der Waals surface area contributed by atoms with Gasteiger partial charge in [0.25, 0.3) is 11.2 Å². The van der Waals surface area contributed by atoms with Crippen LogP contribution in [0.15, 0.2) is 53.3 Å². The van der Waals surface area contributed by atoms with Crippen LogP contribution in [0.2, 0.25) is 0 Å². The van der Waals surface area contributed by atoms with Gasteiger partial charge in [0.2, 0.25) is 5.91 Å². The van der Waals surface area contributed by atoms with Crippen LogP contribution >= 0.6 is 0 Å². The second-order valence-electron chi connectivity index (χ2n) is 8.89. The molecule has 0 spiro atoms. The van der Waals surface area contributed by atoms with Gasteiger partial charge in [0.05, 0.1) is 29.0 Å². The van der Waals surface area contributed by atoms with Crippen molar-refractivity contribution in [3.8, 4) is 0 Å². The minimum Gasteiger partial charge on any atom is -0.466 e. The number of piperazine rings is 1. The summed E-state index contributed by atoms with van der Waals surface area (Å²) in [7, 11) is 0. The molecule has 200 valence electrons. The molecular formula is C26H30N6O6. The lowest BCUT2D eigenvalue weighted by molar-refractivity contribution is -0.384. The van der Waals surface area contributed by atoms with Crippen molar-refractivity contribution < 1.29 is 19.2 Å². The molecule has 3 aromatic rings. The van der Waals surface area contributed by atoms with E-state index in [1.165, 1.54) is 12.1 Å². The normalized spacial score (nSPS) is 13.9. The van der Waals surface area contributed by atoms with Gasteiger partial charge in [-0.25, -0.2) is 4.68 Å². The molecule has 0 radical (unpaired) electrons. The predicted octanol–water partition coefficient (Wildman–Crippen LogP) is 1.70. The number of anilines is 1. The molecule has 1 saturated heterocycles. The molecule has 0 aliphatic carbocycles. The average Bonchev–Trinajstić information content (AvgIpc) is 2.93. The SMILES string of the molecule is CCOC(=O)Cc1nn(CNC(=O)CCN2CCN(c3ccc([N+](=O)[O-])cc3)CC2)c(=O)c2ccccc12. The van der Waals surface area contributed by atoms with Crippen LogP contribution in [0.1, 0.15) is 19.0 Å². The third-order valence-corrected chi connectivity index (χ3v) is 6.44. The van der Waals surface area contributed by atoms with Crippen molar-refractivity contribution in [1.29, 1.82) is 0 Å². The fraction of sp³-hybridized carbons (Fsp3) is 0.385. The molecule has 12 heteroatoms. The summed E-state index contributed by atoms with van der Waals surface area (Å²) in [5, 5.41) is 18.9.